The highest BCUT2D eigenvalue weighted by molar-refractivity contribution is 7.89. The van der Waals surface area contributed by atoms with E-state index in [1.807, 2.05) is 99.6 Å². The van der Waals surface area contributed by atoms with Gasteiger partial charge in [-0.2, -0.15) is 4.72 Å². The van der Waals surface area contributed by atoms with E-state index < -0.39 is 16.1 Å². The first kappa shape index (κ1) is 22.8. The Balaban J connectivity index is 1.87. The molecule has 1 N–H and O–H groups in total. The minimum Gasteiger partial charge on any atom is -0.467 e. The molecule has 4 rings (SSSR count). The van der Waals surface area contributed by atoms with Crippen LogP contribution < -0.4 is 4.72 Å². The second-order valence-corrected chi connectivity index (χ2v) is 9.82. The van der Waals surface area contributed by atoms with Gasteiger partial charge >= 0.3 is 0 Å². The van der Waals surface area contributed by atoms with Gasteiger partial charge in [-0.3, -0.25) is 0 Å². The summed E-state index contributed by atoms with van der Waals surface area (Å²) >= 11 is 0. The average Bonchev–Trinajstić information content (AvgIpc) is 3.31. The Morgan fingerprint density at radius 2 is 1.45 bits per heavy atom. The standard InChI is InChI=1S/C28H27NO3S/c1-20-17-21(2)28(22(3)18-20)33(30,31)29-27(26-15-10-16-32-26)25(24-13-8-5-9-14-24)19-23-11-6-4-7-12-23/h4-19,27,29H,1-3H3/b25-19+. The van der Waals surface area contributed by atoms with Crippen molar-refractivity contribution in [1.82, 2.24) is 4.72 Å². The molecular formula is C28H27NO3S. The van der Waals surface area contributed by atoms with Crippen LogP contribution in [0, 0.1) is 20.8 Å². The van der Waals surface area contributed by atoms with Crippen LogP contribution in [0.25, 0.3) is 11.6 Å². The normalized spacial score (nSPS) is 13.1. The second kappa shape index (κ2) is 9.61. The maximum absolute atomic E-state index is 13.7. The van der Waals surface area contributed by atoms with Gasteiger partial charge < -0.3 is 4.42 Å². The van der Waals surface area contributed by atoms with Gasteiger partial charge in [-0.25, -0.2) is 8.42 Å². The first-order chi connectivity index (χ1) is 15.8. The summed E-state index contributed by atoms with van der Waals surface area (Å²) in [6.45, 7) is 5.62. The van der Waals surface area contributed by atoms with Crippen molar-refractivity contribution >= 4 is 21.7 Å². The number of rotatable bonds is 7. The molecule has 0 fully saturated rings. The first-order valence-electron chi connectivity index (χ1n) is 10.8. The Hall–Kier alpha value is -3.41. The average molecular weight is 458 g/mol. The summed E-state index contributed by atoms with van der Waals surface area (Å²) in [5.74, 6) is 0.520. The minimum absolute atomic E-state index is 0.303. The molecule has 0 aliphatic heterocycles. The van der Waals surface area contributed by atoms with E-state index in [0.29, 0.717) is 21.8 Å². The smallest absolute Gasteiger partial charge is 0.242 e. The monoisotopic (exact) mass is 457 g/mol. The molecule has 1 atom stereocenters. The summed E-state index contributed by atoms with van der Waals surface area (Å²) in [4.78, 5) is 0.303. The van der Waals surface area contributed by atoms with E-state index in [9.17, 15) is 8.42 Å². The molecule has 0 bridgehead atoms. The third kappa shape index (κ3) is 5.16. The van der Waals surface area contributed by atoms with Crippen molar-refractivity contribution in [2.75, 3.05) is 0 Å². The van der Waals surface area contributed by atoms with E-state index in [2.05, 4.69) is 4.72 Å². The lowest BCUT2D eigenvalue weighted by Gasteiger charge is -2.22. The molecule has 0 amide bonds. The second-order valence-electron chi connectivity index (χ2n) is 8.17. The Morgan fingerprint density at radius 1 is 0.848 bits per heavy atom. The van der Waals surface area contributed by atoms with Crippen LogP contribution in [0.15, 0.2) is 101 Å². The van der Waals surface area contributed by atoms with Crippen molar-refractivity contribution in [3.63, 3.8) is 0 Å². The Bertz CT molecular complexity index is 1330. The molecule has 33 heavy (non-hydrogen) atoms. The van der Waals surface area contributed by atoms with Crippen molar-refractivity contribution in [2.45, 2.75) is 31.7 Å². The summed E-state index contributed by atoms with van der Waals surface area (Å²) < 4.78 is 36.1. The van der Waals surface area contributed by atoms with Crippen molar-refractivity contribution in [3.05, 3.63) is 125 Å². The van der Waals surface area contributed by atoms with Gasteiger partial charge in [-0.05, 0) is 66.8 Å². The van der Waals surface area contributed by atoms with Crippen LogP contribution in [-0.4, -0.2) is 8.42 Å². The lowest BCUT2D eigenvalue weighted by atomic mass is 9.95. The number of hydrogen-bond acceptors (Lipinski definition) is 3. The summed E-state index contributed by atoms with van der Waals surface area (Å²) in [5, 5.41) is 0. The summed E-state index contributed by atoms with van der Waals surface area (Å²) in [5.41, 5.74) is 5.12. The molecular weight excluding hydrogens is 430 g/mol. The van der Waals surface area contributed by atoms with E-state index in [4.69, 9.17) is 4.42 Å². The zero-order valence-electron chi connectivity index (χ0n) is 18.9. The number of aryl methyl sites for hydroxylation is 3. The molecule has 0 spiro atoms. The zero-order chi connectivity index (χ0) is 23.4. The van der Waals surface area contributed by atoms with E-state index >= 15 is 0 Å². The quantitative estimate of drug-likeness (QED) is 0.324. The van der Waals surface area contributed by atoms with E-state index in [0.717, 1.165) is 22.3 Å². The van der Waals surface area contributed by atoms with Crippen molar-refractivity contribution in [3.8, 4) is 0 Å². The molecule has 1 unspecified atom stereocenters. The van der Waals surface area contributed by atoms with Gasteiger partial charge in [0.1, 0.15) is 11.8 Å². The van der Waals surface area contributed by atoms with Crippen LogP contribution in [0.5, 0.6) is 0 Å². The Morgan fingerprint density at radius 3 is 2.03 bits per heavy atom. The fraction of sp³-hybridized carbons (Fsp3) is 0.143. The molecule has 3 aromatic carbocycles. The molecule has 168 valence electrons. The number of hydrogen-bond donors (Lipinski definition) is 1. The molecule has 0 radical (unpaired) electrons. The summed E-state index contributed by atoms with van der Waals surface area (Å²) in [6, 6.07) is 26.2. The predicted octanol–water partition coefficient (Wildman–Crippen LogP) is 6.47. The van der Waals surface area contributed by atoms with Crippen molar-refractivity contribution in [2.24, 2.45) is 0 Å². The molecule has 4 nitrogen and oxygen atoms in total. The number of sulfonamides is 1. The number of nitrogens with one attached hydrogen (secondary N) is 1. The lowest BCUT2D eigenvalue weighted by molar-refractivity contribution is 0.481. The minimum atomic E-state index is -3.86. The molecule has 0 saturated heterocycles. The van der Waals surface area contributed by atoms with E-state index in [1.54, 1.807) is 18.4 Å². The van der Waals surface area contributed by atoms with Gasteiger partial charge in [-0.1, -0.05) is 78.4 Å². The van der Waals surface area contributed by atoms with Gasteiger partial charge in [0.15, 0.2) is 0 Å². The molecule has 0 aliphatic carbocycles. The third-order valence-electron chi connectivity index (χ3n) is 5.51. The lowest BCUT2D eigenvalue weighted by Crippen LogP contribution is -2.30. The van der Waals surface area contributed by atoms with Gasteiger partial charge in [0.2, 0.25) is 10.0 Å². The topological polar surface area (TPSA) is 59.3 Å². The molecule has 1 aromatic heterocycles. The van der Waals surface area contributed by atoms with Crippen LogP contribution in [-0.2, 0) is 10.0 Å². The highest BCUT2D eigenvalue weighted by Gasteiger charge is 2.29. The fourth-order valence-electron chi connectivity index (χ4n) is 4.23. The maximum Gasteiger partial charge on any atom is 0.242 e. The Labute approximate surface area is 195 Å². The van der Waals surface area contributed by atoms with Crippen LogP contribution in [0.1, 0.15) is 39.6 Å². The first-order valence-corrected chi connectivity index (χ1v) is 12.3. The molecule has 5 heteroatoms. The van der Waals surface area contributed by atoms with Crippen LogP contribution in [0.4, 0.5) is 0 Å². The number of furan rings is 1. The Kier molecular flexibility index (Phi) is 6.63. The zero-order valence-corrected chi connectivity index (χ0v) is 19.8. The highest BCUT2D eigenvalue weighted by atomic mass is 32.2. The van der Waals surface area contributed by atoms with E-state index in [-0.39, 0.29) is 0 Å². The van der Waals surface area contributed by atoms with Crippen LogP contribution >= 0.6 is 0 Å². The van der Waals surface area contributed by atoms with Gasteiger partial charge in [0.05, 0.1) is 11.2 Å². The van der Waals surface area contributed by atoms with Gasteiger partial charge in [-0.15, -0.1) is 0 Å². The molecule has 4 aromatic rings. The van der Waals surface area contributed by atoms with Crippen molar-refractivity contribution in [1.29, 1.82) is 0 Å². The van der Waals surface area contributed by atoms with Gasteiger partial charge in [0.25, 0.3) is 0 Å². The van der Waals surface area contributed by atoms with Crippen LogP contribution in [0.2, 0.25) is 0 Å². The van der Waals surface area contributed by atoms with Crippen molar-refractivity contribution < 1.29 is 12.8 Å². The summed E-state index contributed by atoms with van der Waals surface area (Å²) in [6.07, 6.45) is 3.56. The van der Waals surface area contributed by atoms with Gasteiger partial charge in [0, 0.05) is 0 Å². The molecule has 0 saturated carbocycles. The maximum atomic E-state index is 13.7. The molecule has 0 aliphatic rings. The largest absolute Gasteiger partial charge is 0.467 e. The summed E-state index contributed by atoms with van der Waals surface area (Å²) in [7, 11) is -3.86. The molecule has 1 heterocycles. The fourth-order valence-corrected chi connectivity index (χ4v) is 5.86. The third-order valence-corrected chi connectivity index (χ3v) is 7.24. The predicted molar refractivity (Wildman–Crippen MR) is 133 cm³/mol. The highest BCUT2D eigenvalue weighted by Crippen LogP contribution is 2.34. The number of benzene rings is 3. The van der Waals surface area contributed by atoms with E-state index in [1.165, 1.54) is 0 Å². The SMILES string of the molecule is Cc1cc(C)c(S(=O)(=O)NC(/C(=C/c2ccccc2)c2ccccc2)c2ccco2)c(C)c1. The van der Waals surface area contributed by atoms with Crippen LogP contribution in [0.3, 0.4) is 0 Å².